The Morgan fingerprint density at radius 3 is 2.07 bits per heavy atom. The van der Waals surface area contributed by atoms with Crippen molar-refractivity contribution < 1.29 is 42.9 Å². The minimum Gasteiger partial charge on any atom is -0.463 e. The van der Waals surface area contributed by atoms with Crippen molar-refractivity contribution in [3.8, 4) is 0 Å². The number of rotatable bonds is 6. The molecule has 1 fully saturated rings. The first-order valence-electron chi connectivity index (χ1n) is 8.81. The standard InChI is InChI=1S/C17H23NO9S2/c1-8(19)23-7-12-13(24-9(2)20)14(25-10(3)21)15(26-11(4)22)16(27-12)29-17-18-5-6-28-17/h12-16H,5-7H2,1-4H3/t12-,13-,14+,15+,16-/m1/s1. The van der Waals surface area contributed by atoms with Gasteiger partial charge in [-0.1, -0.05) is 23.5 Å². The van der Waals surface area contributed by atoms with E-state index in [0.29, 0.717) is 6.54 Å². The van der Waals surface area contributed by atoms with Gasteiger partial charge in [-0.05, 0) is 0 Å². The average Bonchev–Trinajstić information content (AvgIpc) is 3.10. The third-order valence-electron chi connectivity index (χ3n) is 3.72. The van der Waals surface area contributed by atoms with Crippen LogP contribution in [0.5, 0.6) is 0 Å². The first-order chi connectivity index (χ1) is 13.7. The van der Waals surface area contributed by atoms with E-state index in [-0.39, 0.29) is 6.61 Å². The fourth-order valence-electron chi connectivity index (χ4n) is 2.77. The molecule has 0 bridgehead atoms. The van der Waals surface area contributed by atoms with Crippen LogP contribution in [0, 0.1) is 0 Å². The van der Waals surface area contributed by atoms with Crippen LogP contribution in [0.4, 0.5) is 0 Å². The first-order valence-corrected chi connectivity index (χ1v) is 10.7. The first kappa shape index (κ1) is 23.5. The number of hydrogen-bond donors (Lipinski definition) is 0. The van der Waals surface area contributed by atoms with Gasteiger partial charge in [-0.25, -0.2) is 0 Å². The Morgan fingerprint density at radius 2 is 1.55 bits per heavy atom. The van der Waals surface area contributed by atoms with Crippen molar-refractivity contribution in [2.75, 3.05) is 18.9 Å². The van der Waals surface area contributed by atoms with E-state index in [9.17, 15) is 19.2 Å². The molecule has 162 valence electrons. The molecule has 0 N–H and O–H groups in total. The molecule has 0 spiro atoms. The predicted molar refractivity (Wildman–Crippen MR) is 104 cm³/mol. The van der Waals surface area contributed by atoms with Crippen LogP contribution < -0.4 is 0 Å². The Labute approximate surface area is 176 Å². The van der Waals surface area contributed by atoms with Crippen LogP contribution in [0.1, 0.15) is 27.7 Å². The molecule has 10 nitrogen and oxygen atoms in total. The number of nitrogens with zero attached hydrogens (tertiary/aromatic N) is 1. The lowest BCUT2D eigenvalue weighted by molar-refractivity contribution is -0.237. The number of esters is 4. The van der Waals surface area contributed by atoms with Crippen LogP contribution in [-0.4, -0.2) is 77.0 Å². The van der Waals surface area contributed by atoms with Gasteiger partial charge in [-0.2, -0.15) is 0 Å². The van der Waals surface area contributed by atoms with Crippen LogP contribution in [0.3, 0.4) is 0 Å². The van der Waals surface area contributed by atoms with Gasteiger partial charge in [0.1, 0.15) is 17.1 Å². The summed E-state index contributed by atoms with van der Waals surface area (Å²) in [6.07, 6.45) is -4.30. The van der Waals surface area contributed by atoms with Crippen molar-refractivity contribution in [3.05, 3.63) is 0 Å². The lowest BCUT2D eigenvalue weighted by atomic mass is 9.99. The molecule has 2 aliphatic heterocycles. The number of aliphatic imine (C=N–C) groups is 1. The van der Waals surface area contributed by atoms with Gasteiger partial charge in [0.2, 0.25) is 0 Å². The molecular formula is C17H23NO9S2. The van der Waals surface area contributed by atoms with E-state index in [1.165, 1.54) is 51.2 Å². The van der Waals surface area contributed by atoms with Gasteiger partial charge in [-0.3, -0.25) is 24.2 Å². The van der Waals surface area contributed by atoms with Crippen LogP contribution in [0.15, 0.2) is 4.99 Å². The van der Waals surface area contributed by atoms with Gasteiger partial charge in [0, 0.05) is 33.4 Å². The van der Waals surface area contributed by atoms with Gasteiger partial charge in [-0.15, -0.1) is 0 Å². The molecule has 1 saturated heterocycles. The van der Waals surface area contributed by atoms with E-state index >= 15 is 0 Å². The van der Waals surface area contributed by atoms with E-state index in [4.69, 9.17) is 23.7 Å². The fourth-order valence-corrected chi connectivity index (χ4v) is 5.02. The zero-order valence-corrected chi connectivity index (χ0v) is 18.1. The topological polar surface area (TPSA) is 127 Å². The molecule has 0 aromatic heterocycles. The lowest BCUT2D eigenvalue weighted by Gasteiger charge is -2.44. The predicted octanol–water partition coefficient (Wildman–Crippen LogP) is 0.905. The Kier molecular flexibility index (Phi) is 8.78. The number of carbonyl (C=O) groups is 4. The van der Waals surface area contributed by atoms with Crippen molar-refractivity contribution in [1.29, 1.82) is 0 Å². The zero-order chi connectivity index (χ0) is 21.6. The van der Waals surface area contributed by atoms with Crippen molar-refractivity contribution in [2.45, 2.75) is 57.5 Å². The monoisotopic (exact) mass is 449 g/mol. The maximum atomic E-state index is 11.7. The number of ether oxygens (including phenoxy) is 5. The SMILES string of the molecule is CC(=O)OC[C@H]1O[C@H](SC2=NCCS2)[C@@H](OC(C)=O)[C@@H](OC(C)=O)[C@@H]1OC(C)=O. The summed E-state index contributed by atoms with van der Waals surface area (Å²) in [5.41, 5.74) is -0.819. The second-order valence-electron chi connectivity index (χ2n) is 6.18. The smallest absolute Gasteiger partial charge is 0.303 e. The largest absolute Gasteiger partial charge is 0.463 e. The highest BCUT2D eigenvalue weighted by atomic mass is 32.2. The fraction of sp³-hybridized carbons (Fsp3) is 0.706. The molecule has 0 radical (unpaired) electrons. The van der Waals surface area contributed by atoms with E-state index < -0.39 is 53.7 Å². The molecule has 12 heteroatoms. The Balaban J connectivity index is 2.37. The molecule has 2 aliphatic rings. The van der Waals surface area contributed by atoms with Gasteiger partial charge in [0.25, 0.3) is 0 Å². The van der Waals surface area contributed by atoms with Crippen LogP contribution in [0.25, 0.3) is 0 Å². The summed E-state index contributed by atoms with van der Waals surface area (Å²) in [7, 11) is 0. The summed E-state index contributed by atoms with van der Waals surface area (Å²) in [5.74, 6) is -1.68. The molecule has 0 saturated carbocycles. The van der Waals surface area contributed by atoms with Crippen molar-refractivity contribution >= 4 is 51.8 Å². The molecule has 0 aliphatic carbocycles. The summed E-state index contributed by atoms with van der Waals surface area (Å²) in [5, 5.41) is 0. The molecule has 29 heavy (non-hydrogen) atoms. The van der Waals surface area contributed by atoms with Crippen molar-refractivity contribution in [1.82, 2.24) is 0 Å². The summed E-state index contributed by atoms with van der Waals surface area (Å²) in [4.78, 5) is 50.7. The van der Waals surface area contributed by atoms with E-state index in [1.807, 2.05) is 0 Å². The minimum atomic E-state index is -1.15. The normalized spacial score (nSPS) is 28.8. The number of thioether (sulfide) groups is 2. The van der Waals surface area contributed by atoms with Gasteiger partial charge in [0.05, 0.1) is 6.54 Å². The maximum Gasteiger partial charge on any atom is 0.303 e. The Bertz CT molecular complexity index is 684. The van der Waals surface area contributed by atoms with E-state index in [0.717, 1.165) is 10.1 Å². The summed E-state index contributed by atoms with van der Waals surface area (Å²) in [6, 6.07) is 0. The molecule has 2 heterocycles. The highest BCUT2D eigenvalue weighted by Gasteiger charge is 2.52. The van der Waals surface area contributed by atoms with Crippen LogP contribution in [0.2, 0.25) is 0 Å². The van der Waals surface area contributed by atoms with Gasteiger partial charge >= 0.3 is 23.9 Å². The van der Waals surface area contributed by atoms with E-state index in [2.05, 4.69) is 4.99 Å². The van der Waals surface area contributed by atoms with Crippen LogP contribution >= 0.6 is 23.5 Å². The third-order valence-corrected chi connectivity index (χ3v) is 6.07. The summed E-state index contributed by atoms with van der Waals surface area (Å²) < 4.78 is 27.8. The highest BCUT2D eigenvalue weighted by molar-refractivity contribution is 8.39. The molecule has 0 aromatic carbocycles. The summed E-state index contributed by atoms with van der Waals surface area (Å²) >= 11 is 2.73. The van der Waals surface area contributed by atoms with Crippen molar-refractivity contribution in [2.24, 2.45) is 4.99 Å². The molecule has 2 rings (SSSR count). The van der Waals surface area contributed by atoms with Gasteiger partial charge in [0.15, 0.2) is 23.7 Å². The Hall–Kier alpha value is -1.79. The molecule has 0 amide bonds. The molecule has 0 unspecified atom stereocenters. The minimum absolute atomic E-state index is 0.242. The number of hydrogen-bond acceptors (Lipinski definition) is 12. The van der Waals surface area contributed by atoms with Gasteiger partial charge < -0.3 is 23.7 Å². The molecule has 5 atom stereocenters. The Morgan fingerprint density at radius 1 is 0.966 bits per heavy atom. The molecule has 0 aromatic rings. The number of carbonyl (C=O) groups excluding carboxylic acids is 4. The zero-order valence-electron chi connectivity index (χ0n) is 16.4. The average molecular weight is 450 g/mol. The summed E-state index contributed by atoms with van der Waals surface area (Å²) in [6.45, 7) is 5.21. The van der Waals surface area contributed by atoms with Crippen LogP contribution in [-0.2, 0) is 42.9 Å². The molecular weight excluding hydrogens is 426 g/mol. The highest BCUT2D eigenvalue weighted by Crippen LogP contribution is 2.37. The van der Waals surface area contributed by atoms with Crippen molar-refractivity contribution in [3.63, 3.8) is 0 Å². The second-order valence-corrected chi connectivity index (χ2v) is 8.61. The lowest BCUT2D eigenvalue weighted by Crippen LogP contribution is -2.61. The quantitative estimate of drug-likeness (QED) is 0.424. The maximum absolute atomic E-state index is 11.7. The second kappa shape index (κ2) is 10.8. The third kappa shape index (κ3) is 7.19. The van der Waals surface area contributed by atoms with E-state index in [1.54, 1.807) is 0 Å².